The van der Waals surface area contributed by atoms with Gasteiger partial charge in [-0.3, -0.25) is 0 Å². The molecular formula is C59H37N7. The lowest BCUT2D eigenvalue weighted by Gasteiger charge is -2.17. The number of fused-ring (bicyclic) bond motifs is 1. The molecule has 0 saturated carbocycles. The van der Waals surface area contributed by atoms with Crippen molar-refractivity contribution in [1.82, 2.24) is 29.9 Å². The van der Waals surface area contributed by atoms with Crippen molar-refractivity contribution in [3.8, 4) is 108 Å². The Morgan fingerprint density at radius 2 is 0.636 bits per heavy atom. The van der Waals surface area contributed by atoms with E-state index in [0.29, 0.717) is 40.5 Å². The van der Waals surface area contributed by atoms with E-state index in [1.807, 2.05) is 146 Å². The number of nitriles is 1. The zero-order chi connectivity index (χ0) is 44.2. The third kappa shape index (κ3) is 7.76. The molecule has 0 radical (unpaired) electrons. The van der Waals surface area contributed by atoms with Gasteiger partial charge in [0.25, 0.3) is 0 Å². The maximum atomic E-state index is 9.85. The van der Waals surface area contributed by atoms with Gasteiger partial charge in [-0.25, -0.2) is 29.9 Å². The maximum Gasteiger partial charge on any atom is 0.164 e. The van der Waals surface area contributed by atoms with Crippen LogP contribution in [-0.2, 0) is 0 Å². The highest BCUT2D eigenvalue weighted by Gasteiger charge is 2.20. The van der Waals surface area contributed by atoms with Crippen molar-refractivity contribution in [2.45, 2.75) is 0 Å². The Morgan fingerprint density at radius 1 is 0.242 bits per heavy atom. The van der Waals surface area contributed by atoms with Crippen LogP contribution in [-0.4, -0.2) is 29.9 Å². The first-order chi connectivity index (χ1) is 32.7. The maximum absolute atomic E-state index is 9.85. The van der Waals surface area contributed by atoms with Crippen molar-refractivity contribution in [3.05, 3.63) is 230 Å². The standard InChI is InChI=1S/C59H37N7/c60-38-46-33-34-48(49-29-14-13-28-47(46)49)43-26-17-27-44(36-43)57-62-54(40-20-7-2-8-21-40)63-58(64-57)45-32-35-51(53(37-45)39-18-5-1-6-19-39)50-30-15-16-31-52(50)59-65-55(41-22-9-3-10-23-41)61-56(66-59)42-24-11-4-12-25-42/h1-37H. The van der Waals surface area contributed by atoms with Gasteiger partial charge in [-0.05, 0) is 57.0 Å². The van der Waals surface area contributed by atoms with Crippen LogP contribution < -0.4 is 0 Å². The summed E-state index contributed by atoms with van der Waals surface area (Å²) in [6.07, 6.45) is 0. The molecule has 7 nitrogen and oxygen atoms in total. The molecule has 0 unspecified atom stereocenters. The molecule has 0 aliphatic rings. The van der Waals surface area contributed by atoms with Gasteiger partial charge in [-0.1, -0.05) is 206 Å². The molecule has 66 heavy (non-hydrogen) atoms. The smallest absolute Gasteiger partial charge is 0.164 e. The first-order valence-corrected chi connectivity index (χ1v) is 21.7. The van der Waals surface area contributed by atoms with Gasteiger partial charge in [0.15, 0.2) is 34.9 Å². The van der Waals surface area contributed by atoms with Crippen molar-refractivity contribution in [2.24, 2.45) is 0 Å². The fourth-order valence-electron chi connectivity index (χ4n) is 8.44. The van der Waals surface area contributed by atoms with E-state index in [4.69, 9.17) is 29.9 Å². The van der Waals surface area contributed by atoms with Crippen LogP contribution in [0.4, 0.5) is 0 Å². The van der Waals surface area contributed by atoms with Gasteiger partial charge in [0.1, 0.15) is 0 Å². The predicted octanol–water partition coefficient (Wildman–Crippen LogP) is 14.1. The van der Waals surface area contributed by atoms with E-state index in [-0.39, 0.29) is 0 Å². The number of hydrogen-bond donors (Lipinski definition) is 0. The Kier molecular flexibility index (Phi) is 10.5. The minimum atomic E-state index is 0.544. The zero-order valence-electron chi connectivity index (χ0n) is 35.5. The molecule has 0 atom stereocenters. The van der Waals surface area contributed by atoms with E-state index >= 15 is 0 Å². The Morgan fingerprint density at radius 3 is 1.20 bits per heavy atom. The molecule has 0 bridgehead atoms. The van der Waals surface area contributed by atoms with Crippen molar-refractivity contribution in [1.29, 1.82) is 5.26 Å². The summed E-state index contributed by atoms with van der Waals surface area (Å²) in [5.41, 5.74) is 11.9. The number of nitrogens with zero attached hydrogens (tertiary/aromatic N) is 7. The quantitative estimate of drug-likeness (QED) is 0.143. The highest BCUT2D eigenvalue weighted by molar-refractivity contribution is 6.00. The van der Waals surface area contributed by atoms with Crippen molar-refractivity contribution in [2.75, 3.05) is 0 Å². The van der Waals surface area contributed by atoms with E-state index in [0.717, 1.165) is 77.5 Å². The normalized spacial score (nSPS) is 11.0. The largest absolute Gasteiger partial charge is 0.208 e. The number of rotatable bonds is 9. The summed E-state index contributed by atoms with van der Waals surface area (Å²) in [5.74, 6) is 3.44. The molecule has 11 aromatic rings. The predicted molar refractivity (Wildman–Crippen MR) is 264 cm³/mol. The molecule has 0 spiro atoms. The monoisotopic (exact) mass is 843 g/mol. The molecule has 0 fully saturated rings. The third-order valence-corrected chi connectivity index (χ3v) is 11.7. The highest BCUT2D eigenvalue weighted by atomic mass is 15.0. The van der Waals surface area contributed by atoms with E-state index < -0.39 is 0 Å². The minimum Gasteiger partial charge on any atom is -0.208 e. The van der Waals surface area contributed by atoms with E-state index in [9.17, 15) is 5.26 Å². The molecule has 9 aromatic carbocycles. The second-order valence-electron chi connectivity index (χ2n) is 15.8. The number of benzene rings is 9. The molecule has 2 aromatic heterocycles. The van der Waals surface area contributed by atoms with Crippen LogP contribution in [0.5, 0.6) is 0 Å². The molecule has 0 N–H and O–H groups in total. The SMILES string of the molecule is N#Cc1ccc(-c2cccc(-c3nc(-c4ccccc4)nc(-c4ccc(-c5ccccc5-c5nc(-c6ccccc6)nc(-c6ccccc6)n5)c(-c5ccccc5)c4)n3)c2)c2ccccc12. The van der Waals surface area contributed by atoms with Crippen LogP contribution in [0.1, 0.15) is 5.56 Å². The molecular weight excluding hydrogens is 807 g/mol. The van der Waals surface area contributed by atoms with E-state index in [1.165, 1.54) is 0 Å². The van der Waals surface area contributed by atoms with Gasteiger partial charge >= 0.3 is 0 Å². The lowest BCUT2D eigenvalue weighted by Crippen LogP contribution is -2.02. The van der Waals surface area contributed by atoms with Crippen molar-refractivity contribution >= 4 is 10.8 Å². The van der Waals surface area contributed by atoms with Gasteiger partial charge in [-0.15, -0.1) is 0 Å². The van der Waals surface area contributed by atoms with Crippen LogP contribution in [0.15, 0.2) is 224 Å². The van der Waals surface area contributed by atoms with Crippen molar-refractivity contribution in [3.63, 3.8) is 0 Å². The van der Waals surface area contributed by atoms with Gasteiger partial charge in [0.05, 0.1) is 11.6 Å². The van der Waals surface area contributed by atoms with Gasteiger partial charge in [0, 0.05) is 38.8 Å². The molecule has 0 aliphatic carbocycles. The molecule has 11 rings (SSSR count). The Bertz CT molecular complexity index is 3530. The fourth-order valence-corrected chi connectivity index (χ4v) is 8.44. The topological polar surface area (TPSA) is 101 Å². The Balaban J connectivity index is 1.07. The lowest BCUT2D eigenvalue weighted by molar-refractivity contribution is 1.07. The summed E-state index contributed by atoms with van der Waals surface area (Å²) >= 11 is 0. The van der Waals surface area contributed by atoms with Gasteiger partial charge in [-0.2, -0.15) is 5.26 Å². The summed E-state index contributed by atoms with van der Waals surface area (Å²) in [4.78, 5) is 30.6. The summed E-state index contributed by atoms with van der Waals surface area (Å²) < 4.78 is 0. The second kappa shape index (κ2) is 17.5. The first kappa shape index (κ1) is 39.6. The second-order valence-corrected chi connectivity index (χ2v) is 15.8. The Labute approximate surface area is 382 Å². The molecule has 2 heterocycles. The van der Waals surface area contributed by atoms with Crippen LogP contribution in [0.3, 0.4) is 0 Å². The average molecular weight is 844 g/mol. The molecule has 7 heteroatoms. The molecule has 308 valence electrons. The summed E-state index contributed by atoms with van der Waals surface area (Å²) in [6.45, 7) is 0. The van der Waals surface area contributed by atoms with Gasteiger partial charge < -0.3 is 0 Å². The molecule has 0 aliphatic heterocycles. The lowest BCUT2D eigenvalue weighted by atomic mass is 9.90. The molecule has 0 amide bonds. The zero-order valence-corrected chi connectivity index (χ0v) is 35.5. The Hall–Kier alpha value is -9.25. The summed E-state index contributed by atoms with van der Waals surface area (Å²) in [5, 5.41) is 11.8. The fraction of sp³-hybridized carbons (Fsp3) is 0. The first-order valence-electron chi connectivity index (χ1n) is 21.7. The number of aromatic nitrogens is 6. The van der Waals surface area contributed by atoms with Crippen LogP contribution in [0, 0.1) is 11.3 Å². The van der Waals surface area contributed by atoms with E-state index in [2.05, 4.69) is 84.9 Å². The van der Waals surface area contributed by atoms with Crippen LogP contribution in [0.2, 0.25) is 0 Å². The average Bonchev–Trinajstić information content (AvgIpc) is 3.41. The number of hydrogen-bond acceptors (Lipinski definition) is 7. The highest BCUT2D eigenvalue weighted by Crippen LogP contribution is 2.41. The third-order valence-electron chi connectivity index (χ3n) is 11.7. The van der Waals surface area contributed by atoms with E-state index in [1.54, 1.807) is 0 Å². The van der Waals surface area contributed by atoms with Crippen LogP contribution >= 0.6 is 0 Å². The van der Waals surface area contributed by atoms with Crippen molar-refractivity contribution < 1.29 is 0 Å². The molecule has 0 saturated heterocycles. The van der Waals surface area contributed by atoms with Crippen LogP contribution in [0.25, 0.3) is 112 Å². The summed E-state index contributed by atoms with van der Waals surface area (Å²) in [6, 6.07) is 77.7. The minimum absolute atomic E-state index is 0.544. The van der Waals surface area contributed by atoms with Gasteiger partial charge in [0.2, 0.25) is 0 Å². The summed E-state index contributed by atoms with van der Waals surface area (Å²) in [7, 11) is 0.